The summed E-state index contributed by atoms with van der Waals surface area (Å²) < 4.78 is 30.5. The van der Waals surface area contributed by atoms with Crippen molar-refractivity contribution in [2.45, 2.75) is 24.2 Å². The highest BCUT2D eigenvalue weighted by molar-refractivity contribution is 9.10. The van der Waals surface area contributed by atoms with Crippen LogP contribution in [-0.4, -0.2) is 15.0 Å². The summed E-state index contributed by atoms with van der Waals surface area (Å²) in [6, 6.07) is 15.4. The van der Waals surface area contributed by atoms with E-state index in [0.29, 0.717) is 5.56 Å². The summed E-state index contributed by atoms with van der Waals surface area (Å²) in [5, 5.41) is 8.98. The minimum Gasteiger partial charge on any atom is -0.265 e. The summed E-state index contributed by atoms with van der Waals surface area (Å²) in [4.78, 5) is 0.113. The average Bonchev–Trinajstić information content (AvgIpc) is 2.54. The Morgan fingerprint density at radius 1 is 1.17 bits per heavy atom. The summed E-state index contributed by atoms with van der Waals surface area (Å²) in [7, 11) is -3.82. The molecule has 0 saturated carbocycles. The van der Waals surface area contributed by atoms with E-state index in [1.807, 2.05) is 19.9 Å². The Bertz CT molecular complexity index is 837. The number of nitriles is 1. The normalized spacial score (nSPS) is 11.9. The average molecular weight is 394 g/mol. The maximum Gasteiger partial charge on any atom is 0.297 e. The van der Waals surface area contributed by atoms with Gasteiger partial charge in [0.2, 0.25) is 0 Å². The van der Waals surface area contributed by atoms with Crippen LogP contribution in [0.4, 0.5) is 0 Å². The molecule has 2 aromatic rings. The predicted octanol–water partition coefficient (Wildman–Crippen LogP) is 4.00. The van der Waals surface area contributed by atoms with Crippen molar-refractivity contribution in [2.24, 2.45) is 0 Å². The highest BCUT2D eigenvalue weighted by Gasteiger charge is 2.25. The molecule has 0 unspecified atom stereocenters. The van der Waals surface area contributed by atoms with E-state index in [9.17, 15) is 8.42 Å². The third-order valence-electron chi connectivity index (χ3n) is 3.45. The summed E-state index contributed by atoms with van der Waals surface area (Å²) >= 11 is 3.27. The van der Waals surface area contributed by atoms with Gasteiger partial charge in [0.15, 0.2) is 0 Å². The largest absolute Gasteiger partial charge is 0.297 e. The number of rotatable bonds is 5. The molecule has 6 heteroatoms. The molecule has 0 aliphatic rings. The van der Waals surface area contributed by atoms with Crippen LogP contribution in [-0.2, 0) is 19.7 Å². The third kappa shape index (κ3) is 4.41. The lowest BCUT2D eigenvalue weighted by atomic mass is 9.85. The van der Waals surface area contributed by atoms with E-state index < -0.39 is 15.5 Å². The molecule has 23 heavy (non-hydrogen) atoms. The van der Waals surface area contributed by atoms with Crippen molar-refractivity contribution >= 4 is 26.0 Å². The van der Waals surface area contributed by atoms with Crippen LogP contribution in [0.5, 0.6) is 0 Å². The number of benzene rings is 2. The van der Waals surface area contributed by atoms with Gasteiger partial charge in [-0.1, -0.05) is 41.9 Å². The fraction of sp³-hybridized carbons (Fsp3) is 0.235. The fourth-order valence-electron chi connectivity index (χ4n) is 1.99. The van der Waals surface area contributed by atoms with Crippen molar-refractivity contribution in [1.29, 1.82) is 5.26 Å². The molecule has 0 radical (unpaired) electrons. The molecular formula is C17H16BrNO3S. The number of nitrogens with zero attached hydrogens (tertiary/aromatic N) is 1. The molecule has 2 aromatic carbocycles. The van der Waals surface area contributed by atoms with Gasteiger partial charge in [0.05, 0.1) is 23.1 Å². The first-order valence-electron chi connectivity index (χ1n) is 6.90. The lowest BCUT2D eigenvalue weighted by Gasteiger charge is -2.24. The lowest BCUT2D eigenvalue weighted by molar-refractivity contribution is 0.246. The Labute approximate surface area is 145 Å². The van der Waals surface area contributed by atoms with E-state index in [1.54, 1.807) is 30.3 Å². The monoisotopic (exact) mass is 393 g/mol. The lowest BCUT2D eigenvalue weighted by Crippen LogP contribution is -2.26. The maximum absolute atomic E-state index is 12.3. The Kier molecular flexibility index (Phi) is 5.25. The Balaban J connectivity index is 2.17. The zero-order valence-corrected chi connectivity index (χ0v) is 15.2. The van der Waals surface area contributed by atoms with Crippen LogP contribution in [0, 0.1) is 11.3 Å². The predicted molar refractivity (Wildman–Crippen MR) is 91.5 cm³/mol. The van der Waals surface area contributed by atoms with E-state index in [2.05, 4.69) is 22.0 Å². The van der Waals surface area contributed by atoms with Crippen LogP contribution < -0.4 is 0 Å². The Morgan fingerprint density at radius 3 is 2.43 bits per heavy atom. The van der Waals surface area contributed by atoms with Crippen molar-refractivity contribution in [3.63, 3.8) is 0 Å². The second kappa shape index (κ2) is 6.83. The van der Waals surface area contributed by atoms with Crippen molar-refractivity contribution < 1.29 is 12.6 Å². The smallest absolute Gasteiger partial charge is 0.265 e. The van der Waals surface area contributed by atoms with Gasteiger partial charge in [0.25, 0.3) is 10.1 Å². The van der Waals surface area contributed by atoms with Crippen LogP contribution in [0.3, 0.4) is 0 Å². The molecule has 0 atom stereocenters. The molecule has 0 N–H and O–H groups in total. The van der Waals surface area contributed by atoms with Gasteiger partial charge in [0.1, 0.15) is 0 Å². The number of hydrogen-bond acceptors (Lipinski definition) is 4. The topological polar surface area (TPSA) is 67.2 Å². The van der Waals surface area contributed by atoms with E-state index in [-0.39, 0.29) is 11.5 Å². The molecule has 0 amide bonds. The van der Waals surface area contributed by atoms with Gasteiger partial charge in [-0.2, -0.15) is 13.7 Å². The molecule has 0 saturated heterocycles. The minimum atomic E-state index is -3.82. The summed E-state index contributed by atoms with van der Waals surface area (Å²) in [6.45, 7) is 3.74. The number of halogens is 1. The van der Waals surface area contributed by atoms with Gasteiger partial charge in [0, 0.05) is 9.89 Å². The van der Waals surface area contributed by atoms with Crippen LogP contribution in [0.25, 0.3) is 0 Å². The first-order valence-corrected chi connectivity index (χ1v) is 9.10. The molecule has 0 aliphatic heterocycles. The molecule has 0 bridgehead atoms. The van der Waals surface area contributed by atoms with E-state index in [0.717, 1.165) is 10.0 Å². The molecule has 0 heterocycles. The summed E-state index contributed by atoms with van der Waals surface area (Å²) in [5.41, 5.74) is 0.837. The van der Waals surface area contributed by atoms with Gasteiger partial charge >= 0.3 is 0 Å². The number of hydrogen-bond donors (Lipinski definition) is 0. The van der Waals surface area contributed by atoms with Crippen LogP contribution in [0.1, 0.15) is 25.0 Å². The molecule has 4 nitrogen and oxygen atoms in total. The van der Waals surface area contributed by atoms with Gasteiger partial charge in [-0.15, -0.1) is 0 Å². The second-order valence-electron chi connectivity index (χ2n) is 5.75. The zero-order chi connectivity index (χ0) is 17.1. The molecular weight excluding hydrogens is 378 g/mol. The van der Waals surface area contributed by atoms with E-state index in [4.69, 9.17) is 9.44 Å². The van der Waals surface area contributed by atoms with Crippen molar-refractivity contribution in [2.75, 3.05) is 6.61 Å². The highest BCUT2D eigenvalue weighted by atomic mass is 79.9. The van der Waals surface area contributed by atoms with E-state index in [1.165, 1.54) is 12.1 Å². The van der Waals surface area contributed by atoms with Gasteiger partial charge in [-0.25, -0.2) is 0 Å². The van der Waals surface area contributed by atoms with Crippen molar-refractivity contribution in [1.82, 2.24) is 0 Å². The first-order chi connectivity index (χ1) is 10.7. The molecule has 2 rings (SSSR count). The van der Waals surface area contributed by atoms with E-state index >= 15 is 0 Å². The summed E-state index contributed by atoms with van der Waals surface area (Å²) in [5.74, 6) is 0. The van der Waals surface area contributed by atoms with Crippen LogP contribution >= 0.6 is 15.9 Å². The Morgan fingerprint density at radius 2 is 1.83 bits per heavy atom. The van der Waals surface area contributed by atoms with Crippen molar-refractivity contribution in [3.8, 4) is 6.07 Å². The van der Waals surface area contributed by atoms with Crippen molar-refractivity contribution in [3.05, 3.63) is 64.1 Å². The molecule has 0 fully saturated rings. The minimum absolute atomic E-state index is 0.0136. The standard InChI is InChI=1S/C17H16BrNO3S/c1-17(2,14-5-3-4-13(10-14)11-19)12-22-23(20,21)16-8-6-15(18)7-9-16/h3-10H,12H2,1-2H3. The Hall–Kier alpha value is -1.68. The second-order valence-corrected chi connectivity index (χ2v) is 8.28. The van der Waals surface area contributed by atoms with Crippen LogP contribution in [0.15, 0.2) is 57.9 Å². The van der Waals surface area contributed by atoms with Gasteiger partial charge in [-0.3, -0.25) is 4.18 Å². The molecule has 120 valence electrons. The SMILES string of the molecule is CC(C)(COS(=O)(=O)c1ccc(Br)cc1)c1cccc(C#N)c1. The molecule has 0 aliphatic carbocycles. The molecule has 0 aromatic heterocycles. The maximum atomic E-state index is 12.3. The van der Waals surface area contributed by atoms with Crippen LogP contribution in [0.2, 0.25) is 0 Å². The fourth-order valence-corrected chi connectivity index (χ4v) is 3.31. The zero-order valence-electron chi connectivity index (χ0n) is 12.8. The quantitative estimate of drug-likeness (QED) is 0.719. The third-order valence-corrected chi connectivity index (χ3v) is 5.26. The van der Waals surface area contributed by atoms with Gasteiger partial charge in [-0.05, 0) is 42.0 Å². The first kappa shape index (κ1) is 17.7. The summed E-state index contributed by atoms with van der Waals surface area (Å²) in [6.07, 6.45) is 0. The molecule has 0 spiro atoms. The highest BCUT2D eigenvalue weighted by Crippen LogP contribution is 2.26. The van der Waals surface area contributed by atoms with Gasteiger partial charge < -0.3 is 0 Å².